The number of aromatic nitrogens is 2. The molecule has 0 bridgehead atoms. The second-order valence-electron chi connectivity index (χ2n) is 2.42. The van der Waals surface area contributed by atoms with Crippen LogP contribution in [0.25, 0.3) is 6.08 Å². The maximum Gasteiger partial charge on any atom is 0.451 e. The predicted molar refractivity (Wildman–Crippen MR) is 46.7 cm³/mol. The summed E-state index contributed by atoms with van der Waals surface area (Å²) in [6, 6.07) is 0. The number of hydrogen-bond acceptors (Lipinski definition) is 4. The van der Waals surface area contributed by atoms with Gasteiger partial charge < -0.3 is 0 Å². The second-order valence-corrected chi connectivity index (χ2v) is 2.42. The molecule has 4 nitrogen and oxygen atoms in total. The van der Waals surface area contributed by atoms with Crippen LogP contribution in [0, 0.1) is 0 Å². The molecule has 7 heteroatoms. The van der Waals surface area contributed by atoms with Crippen LogP contribution >= 0.6 is 0 Å². The van der Waals surface area contributed by atoms with Crippen molar-refractivity contribution in [3.8, 4) is 0 Å². The first kappa shape index (κ1) is 14.0. The number of carbonyl (C=O) groups excluding carboxylic acids is 2. The molecule has 0 aliphatic heterocycles. The highest BCUT2D eigenvalue weighted by Crippen LogP contribution is 2.25. The van der Waals surface area contributed by atoms with Crippen molar-refractivity contribution < 1.29 is 22.8 Å². The molecule has 0 N–H and O–H groups in total. The van der Waals surface area contributed by atoms with Crippen LogP contribution in [0.3, 0.4) is 0 Å². The quantitative estimate of drug-likeness (QED) is 0.742. The van der Waals surface area contributed by atoms with Crippen LogP contribution in [0.15, 0.2) is 18.5 Å². The lowest BCUT2D eigenvalue weighted by Crippen LogP contribution is -2.10. The molecule has 1 aromatic heterocycles. The highest BCUT2D eigenvalue weighted by Gasteiger charge is 2.34. The van der Waals surface area contributed by atoms with Crippen LogP contribution in [0.5, 0.6) is 0 Å². The third-order valence-electron chi connectivity index (χ3n) is 1.28. The van der Waals surface area contributed by atoms with Gasteiger partial charge in [-0.15, -0.1) is 0 Å². The molecule has 0 amide bonds. The minimum absolute atomic E-state index is 0.250. The molecular weight excluding hydrogens is 225 g/mol. The summed E-state index contributed by atoms with van der Waals surface area (Å²) in [4.78, 5) is 22.6. The van der Waals surface area contributed by atoms with E-state index in [0.717, 1.165) is 12.4 Å². The van der Waals surface area contributed by atoms with Crippen molar-refractivity contribution in [1.29, 1.82) is 0 Å². The van der Waals surface area contributed by atoms with E-state index >= 15 is 0 Å². The third kappa shape index (κ3) is 5.02. The first-order valence-electron chi connectivity index (χ1n) is 3.97. The van der Waals surface area contributed by atoms with E-state index in [2.05, 4.69) is 9.97 Å². The van der Waals surface area contributed by atoms with E-state index in [1.807, 2.05) is 0 Å². The first-order valence-corrected chi connectivity index (χ1v) is 3.97. The Morgan fingerprint density at radius 2 is 1.69 bits per heavy atom. The number of alkyl halides is 3. The van der Waals surface area contributed by atoms with Crippen LogP contribution in [0.2, 0.25) is 0 Å². The summed E-state index contributed by atoms with van der Waals surface area (Å²) in [6.07, 6.45) is 1.38. The number of allylic oxidation sites excluding steroid dienone is 1. The molecular formula is C9H7F3N2O2. The normalized spacial score (nSPS) is 10.5. The standard InChI is InChI=1S/C8H7F3N2.CO2/c1-2-3-6-4-12-7(13-5-6)8(9,10)11;2-1-3/h2-5H,1H3;/b3-2+;. The molecule has 0 saturated carbocycles. The molecule has 1 rings (SSSR count). The highest BCUT2D eigenvalue weighted by molar-refractivity contribution is 5.45. The Hall–Kier alpha value is -2.01. The number of halogens is 3. The van der Waals surface area contributed by atoms with Gasteiger partial charge in [-0.3, -0.25) is 0 Å². The lowest BCUT2D eigenvalue weighted by atomic mass is 10.3. The van der Waals surface area contributed by atoms with Gasteiger partial charge in [-0.05, 0) is 6.92 Å². The number of hydrogen-bond donors (Lipinski definition) is 0. The topological polar surface area (TPSA) is 59.9 Å². The second kappa shape index (κ2) is 6.47. The van der Waals surface area contributed by atoms with Gasteiger partial charge in [0.1, 0.15) is 0 Å². The number of nitrogens with zero attached hydrogens (tertiary/aromatic N) is 2. The Morgan fingerprint density at radius 3 is 2.00 bits per heavy atom. The van der Waals surface area contributed by atoms with Crippen molar-refractivity contribution >= 4 is 12.2 Å². The van der Waals surface area contributed by atoms with E-state index < -0.39 is 12.0 Å². The van der Waals surface area contributed by atoms with Gasteiger partial charge in [0.25, 0.3) is 0 Å². The van der Waals surface area contributed by atoms with Gasteiger partial charge in [-0.2, -0.15) is 22.8 Å². The van der Waals surface area contributed by atoms with Gasteiger partial charge in [0.15, 0.2) is 0 Å². The van der Waals surface area contributed by atoms with Crippen LogP contribution in [0.1, 0.15) is 18.3 Å². The van der Waals surface area contributed by atoms with Crippen LogP contribution < -0.4 is 0 Å². The smallest absolute Gasteiger partial charge is 0.232 e. The Labute approximate surface area is 88.8 Å². The molecule has 0 aliphatic rings. The molecule has 0 radical (unpaired) electrons. The molecule has 16 heavy (non-hydrogen) atoms. The molecule has 0 aromatic carbocycles. The Bertz CT molecular complexity index is 379. The largest absolute Gasteiger partial charge is 0.451 e. The molecule has 0 unspecified atom stereocenters. The molecule has 0 aliphatic carbocycles. The van der Waals surface area contributed by atoms with E-state index in [-0.39, 0.29) is 6.15 Å². The maximum atomic E-state index is 12.0. The molecule has 0 fully saturated rings. The summed E-state index contributed by atoms with van der Waals surface area (Å²) in [6.45, 7) is 1.76. The van der Waals surface area contributed by atoms with Gasteiger partial charge in [-0.25, -0.2) is 9.97 Å². The van der Waals surface area contributed by atoms with E-state index in [0.29, 0.717) is 5.56 Å². The average Bonchev–Trinajstić information content (AvgIpc) is 2.19. The van der Waals surface area contributed by atoms with Gasteiger partial charge >= 0.3 is 12.3 Å². The van der Waals surface area contributed by atoms with E-state index in [1.165, 1.54) is 0 Å². The summed E-state index contributed by atoms with van der Waals surface area (Å²) in [5.41, 5.74) is 0.551. The van der Waals surface area contributed by atoms with Crippen molar-refractivity contribution in [2.75, 3.05) is 0 Å². The lowest BCUT2D eigenvalue weighted by Gasteiger charge is -2.03. The molecule has 0 saturated heterocycles. The van der Waals surface area contributed by atoms with Crippen molar-refractivity contribution in [1.82, 2.24) is 9.97 Å². The van der Waals surface area contributed by atoms with Crippen LogP contribution in [-0.4, -0.2) is 16.1 Å². The summed E-state index contributed by atoms with van der Waals surface area (Å²) in [7, 11) is 0. The fourth-order valence-corrected chi connectivity index (χ4v) is 0.763. The van der Waals surface area contributed by atoms with Crippen molar-refractivity contribution in [2.24, 2.45) is 0 Å². The fourth-order valence-electron chi connectivity index (χ4n) is 0.763. The lowest BCUT2D eigenvalue weighted by molar-refractivity contribution is -0.191. The van der Waals surface area contributed by atoms with Crippen LogP contribution in [0.4, 0.5) is 13.2 Å². The summed E-state index contributed by atoms with van der Waals surface area (Å²) < 4.78 is 35.9. The SMILES string of the molecule is C/C=C/c1cnc(C(F)(F)F)nc1.O=C=O. The summed E-state index contributed by atoms with van der Waals surface area (Å²) in [5.74, 6) is -1.11. The first-order chi connectivity index (χ1) is 7.45. The zero-order valence-corrected chi connectivity index (χ0v) is 8.15. The summed E-state index contributed by atoms with van der Waals surface area (Å²) in [5, 5.41) is 0. The third-order valence-corrected chi connectivity index (χ3v) is 1.28. The van der Waals surface area contributed by atoms with E-state index in [4.69, 9.17) is 9.59 Å². The highest BCUT2D eigenvalue weighted by atomic mass is 19.4. The number of rotatable bonds is 1. The Balaban J connectivity index is 0.000000673. The molecule has 1 heterocycles. The minimum Gasteiger partial charge on any atom is -0.232 e. The van der Waals surface area contributed by atoms with Gasteiger partial charge in [0.2, 0.25) is 5.82 Å². The van der Waals surface area contributed by atoms with Crippen molar-refractivity contribution in [3.05, 3.63) is 29.9 Å². The average molecular weight is 232 g/mol. The predicted octanol–water partition coefficient (Wildman–Crippen LogP) is 1.94. The molecule has 86 valence electrons. The van der Waals surface area contributed by atoms with E-state index in [9.17, 15) is 13.2 Å². The van der Waals surface area contributed by atoms with Gasteiger partial charge in [0.05, 0.1) is 0 Å². The fraction of sp³-hybridized carbons (Fsp3) is 0.222. The zero-order valence-electron chi connectivity index (χ0n) is 8.15. The minimum atomic E-state index is -4.46. The Morgan fingerprint density at radius 1 is 1.25 bits per heavy atom. The van der Waals surface area contributed by atoms with Gasteiger partial charge in [0, 0.05) is 18.0 Å². The van der Waals surface area contributed by atoms with Crippen LogP contribution in [-0.2, 0) is 15.8 Å². The summed E-state index contributed by atoms with van der Waals surface area (Å²) >= 11 is 0. The van der Waals surface area contributed by atoms with Crippen molar-refractivity contribution in [2.45, 2.75) is 13.1 Å². The zero-order chi connectivity index (χ0) is 12.6. The van der Waals surface area contributed by atoms with E-state index in [1.54, 1.807) is 19.1 Å². The molecule has 0 spiro atoms. The molecule has 1 aromatic rings. The maximum absolute atomic E-state index is 12.0. The Kier molecular flexibility index (Phi) is 5.66. The monoisotopic (exact) mass is 232 g/mol. The van der Waals surface area contributed by atoms with Crippen molar-refractivity contribution in [3.63, 3.8) is 0 Å². The van der Waals surface area contributed by atoms with Gasteiger partial charge in [-0.1, -0.05) is 12.2 Å². The molecule has 0 atom stereocenters.